The Morgan fingerprint density at radius 1 is 1.29 bits per heavy atom. The maximum absolute atomic E-state index is 10.9. The molecule has 3 heteroatoms. The van der Waals surface area contributed by atoms with Crippen molar-refractivity contribution in [1.29, 1.82) is 0 Å². The highest BCUT2D eigenvalue weighted by Crippen LogP contribution is 2.11. The minimum atomic E-state index is -0.126. The molecule has 0 aromatic heterocycles. The number of hydrogen-bond acceptors (Lipinski definition) is 3. The third kappa shape index (κ3) is 5.31. The van der Waals surface area contributed by atoms with E-state index < -0.39 is 0 Å². The van der Waals surface area contributed by atoms with Gasteiger partial charge in [-0.2, -0.15) is 0 Å². The van der Waals surface area contributed by atoms with Crippen molar-refractivity contribution in [2.45, 2.75) is 26.9 Å². The summed E-state index contributed by atoms with van der Waals surface area (Å²) in [6, 6.07) is 9.65. The molecular weight excluding hydrogens is 214 g/mol. The lowest BCUT2D eigenvalue weighted by atomic mass is 10.1. The monoisotopic (exact) mass is 233 g/mol. The van der Waals surface area contributed by atoms with Gasteiger partial charge in [0.15, 0.2) is 5.78 Å². The van der Waals surface area contributed by atoms with Crippen LogP contribution in [0.5, 0.6) is 0 Å². The lowest BCUT2D eigenvalue weighted by Crippen LogP contribution is -2.20. The van der Waals surface area contributed by atoms with Crippen molar-refractivity contribution >= 4 is 11.5 Å². The average molecular weight is 233 g/mol. The van der Waals surface area contributed by atoms with Crippen molar-refractivity contribution in [1.82, 2.24) is 0 Å². The molecule has 0 fully saturated rings. The third-order valence-electron chi connectivity index (χ3n) is 2.26. The summed E-state index contributed by atoms with van der Waals surface area (Å²) in [5.41, 5.74) is 3.78. The van der Waals surface area contributed by atoms with Gasteiger partial charge < -0.3 is 0 Å². The van der Waals surface area contributed by atoms with Gasteiger partial charge in [0.25, 0.3) is 0 Å². The molecule has 0 spiro atoms. The molecule has 3 nitrogen and oxygen atoms in total. The number of hydrogen-bond donors (Lipinski definition) is 1. The Bertz CT molecular complexity index is 371. The highest BCUT2D eigenvalue weighted by atomic mass is 16.7. The summed E-state index contributed by atoms with van der Waals surface area (Å²) < 4.78 is 0. The SMILES string of the molecule is CC(=O)/C=C/[C@H](ONc1ccccc1)C(C)C. The third-order valence-corrected chi connectivity index (χ3v) is 2.26. The lowest BCUT2D eigenvalue weighted by Gasteiger charge is -2.18. The fourth-order valence-electron chi connectivity index (χ4n) is 1.27. The molecule has 92 valence electrons. The summed E-state index contributed by atoms with van der Waals surface area (Å²) in [5.74, 6) is 0.320. The van der Waals surface area contributed by atoms with E-state index in [-0.39, 0.29) is 11.9 Å². The Hall–Kier alpha value is -1.61. The van der Waals surface area contributed by atoms with Crippen LogP contribution in [0, 0.1) is 5.92 Å². The Morgan fingerprint density at radius 3 is 2.47 bits per heavy atom. The zero-order chi connectivity index (χ0) is 12.7. The Balaban J connectivity index is 2.53. The molecule has 0 amide bonds. The van der Waals surface area contributed by atoms with Crippen LogP contribution in [0.25, 0.3) is 0 Å². The summed E-state index contributed by atoms with van der Waals surface area (Å²) in [5, 5.41) is 0. The van der Waals surface area contributed by atoms with Crippen LogP contribution in [-0.2, 0) is 9.63 Å². The molecule has 0 aliphatic carbocycles. The molecule has 1 atom stereocenters. The van der Waals surface area contributed by atoms with Gasteiger partial charge in [0.1, 0.15) is 6.10 Å². The van der Waals surface area contributed by atoms with Crippen molar-refractivity contribution in [3.63, 3.8) is 0 Å². The van der Waals surface area contributed by atoms with Gasteiger partial charge in [-0.15, -0.1) is 0 Å². The Kier molecular flexibility index (Phi) is 5.43. The first-order chi connectivity index (χ1) is 8.09. The molecule has 17 heavy (non-hydrogen) atoms. The topological polar surface area (TPSA) is 38.3 Å². The highest BCUT2D eigenvalue weighted by molar-refractivity contribution is 5.87. The van der Waals surface area contributed by atoms with E-state index in [4.69, 9.17) is 4.84 Å². The molecule has 0 unspecified atom stereocenters. The van der Waals surface area contributed by atoms with E-state index >= 15 is 0 Å². The summed E-state index contributed by atoms with van der Waals surface area (Å²) in [6.45, 7) is 5.61. The average Bonchev–Trinajstić information content (AvgIpc) is 2.29. The number of carbonyl (C=O) groups is 1. The van der Waals surface area contributed by atoms with E-state index in [1.807, 2.05) is 44.2 Å². The van der Waals surface area contributed by atoms with Crippen LogP contribution in [0.3, 0.4) is 0 Å². The van der Waals surface area contributed by atoms with Crippen LogP contribution in [0.15, 0.2) is 42.5 Å². The normalized spacial score (nSPS) is 12.9. The van der Waals surface area contributed by atoms with Crippen molar-refractivity contribution in [3.8, 4) is 0 Å². The zero-order valence-corrected chi connectivity index (χ0v) is 10.5. The van der Waals surface area contributed by atoms with E-state index in [1.54, 1.807) is 6.08 Å². The lowest BCUT2D eigenvalue weighted by molar-refractivity contribution is -0.112. The molecular formula is C14H19NO2. The van der Waals surface area contributed by atoms with Crippen LogP contribution in [0.1, 0.15) is 20.8 Å². The number of anilines is 1. The minimum absolute atomic E-state index is 0.0268. The predicted octanol–water partition coefficient (Wildman–Crippen LogP) is 3.20. The van der Waals surface area contributed by atoms with Crippen LogP contribution in [0.2, 0.25) is 0 Å². The van der Waals surface area contributed by atoms with E-state index in [0.29, 0.717) is 5.92 Å². The first-order valence-corrected chi connectivity index (χ1v) is 5.75. The second-order valence-electron chi connectivity index (χ2n) is 4.26. The Labute approximate surface area is 102 Å². The molecule has 0 radical (unpaired) electrons. The van der Waals surface area contributed by atoms with Gasteiger partial charge in [-0.25, -0.2) is 0 Å². The smallest absolute Gasteiger partial charge is 0.152 e. The number of para-hydroxylation sites is 1. The molecule has 1 aromatic rings. The molecule has 0 aliphatic heterocycles. The van der Waals surface area contributed by atoms with Crippen molar-refractivity contribution in [3.05, 3.63) is 42.5 Å². The largest absolute Gasteiger partial charge is 0.295 e. The van der Waals surface area contributed by atoms with E-state index in [9.17, 15) is 4.79 Å². The summed E-state index contributed by atoms with van der Waals surface area (Å²) >= 11 is 0. The summed E-state index contributed by atoms with van der Waals surface area (Å²) in [6.07, 6.45) is 3.19. The van der Waals surface area contributed by atoms with Crippen molar-refractivity contribution in [2.24, 2.45) is 5.92 Å². The maximum Gasteiger partial charge on any atom is 0.152 e. The van der Waals surface area contributed by atoms with Gasteiger partial charge in [-0.3, -0.25) is 15.1 Å². The van der Waals surface area contributed by atoms with Gasteiger partial charge in [0.2, 0.25) is 0 Å². The van der Waals surface area contributed by atoms with Gasteiger partial charge in [-0.05, 0) is 37.1 Å². The highest BCUT2D eigenvalue weighted by Gasteiger charge is 2.10. The summed E-state index contributed by atoms with van der Waals surface area (Å²) in [4.78, 5) is 16.4. The Morgan fingerprint density at radius 2 is 1.94 bits per heavy atom. The first-order valence-electron chi connectivity index (χ1n) is 5.75. The van der Waals surface area contributed by atoms with E-state index in [0.717, 1.165) is 5.69 Å². The maximum atomic E-state index is 10.9. The number of ketones is 1. The fraction of sp³-hybridized carbons (Fsp3) is 0.357. The number of carbonyl (C=O) groups excluding carboxylic acids is 1. The molecule has 0 heterocycles. The minimum Gasteiger partial charge on any atom is -0.295 e. The molecule has 1 N–H and O–H groups in total. The van der Waals surface area contributed by atoms with Crippen LogP contribution in [-0.4, -0.2) is 11.9 Å². The second-order valence-corrected chi connectivity index (χ2v) is 4.26. The predicted molar refractivity (Wildman–Crippen MR) is 69.6 cm³/mol. The van der Waals surface area contributed by atoms with Crippen LogP contribution >= 0.6 is 0 Å². The second kappa shape index (κ2) is 6.86. The number of nitrogens with one attached hydrogen (secondary N) is 1. The molecule has 1 aromatic carbocycles. The molecule has 0 saturated carbocycles. The quantitative estimate of drug-likeness (QED) is 0.605. The number of rotatable bonds is 6. The van der Waals surface area contributed by atoms with Crippen LogP contribution in [0.4, 0.5) is 5.69 Å². The molecule has 0 saturated heterocycles. The first kappa shape index (κ1) is 13.5. The molecule has 1 rings (SSSR count). The van der Waals surface area contributed by atoms with Gasteiger partial charge in [0, 0.05) is 0 Å². The van der Waals surface area contributed by atoms with Crippen molar-refractivity contribution < 1.29 is 9.63 Å². The zero-order valence-electron chi connectivity index (χ0n) is 10.5. The van der Waals surface area contributed by atoms with Gasteiger partial charge in [-0.1, -0.05) is 32.0 Å². The fourth-order valence-corrected chi connectivity index (χ4v) is 1.27. The van der Waals surface area contributed by atoms with Crippen molar-refractivity contribution in [2.75, 3.05) is 5.48 Å². The number of benzene rings is 1. The number of allylic oxidation sites excluding steroid dienone is 1. The molecule has 0 bridgehead atoms. The van der Waals surface area contributed by atoms with Crippen LogP contribution < -0.4 is 5.48 Å². The summed E-state index contributed by atoms with van der Waals surface area (Å²) in [7, 11) is 0. The van der Waals surface area contributed by atoms with E-state index in [2.05, 4.69) is 5.48 Å². The van der Waals surface area contributed by atoms with E-state index in [1.165, 1.54) is 13.0 Å². The van der Waals surface area contributed by atoms with Gasteiger partial charge >= 0.3 is 0 Å². The molecule has 0 aliphatic rings. The van der Waals surface area contributed by atoms with Gasteiger partial charge in [0.05, 0.1) is 5.69 Å². The standard InChI is InChI=1S/C14H19NO2/c1-11(2)14(10-9-12(3)16)17-15-13-7-5-4-6-8-13/h4-11,14-15H,1-3H3/b10-9+/t14-/m0/s1.